The van der Waals surface area contributed by atoms with Crippen LogP contribution in [0, 0.1) is 0 Å². The summed E-state index contributed by atoms with van der Waals surface area (Å²) in [6.45, 7) is 1.37. The first-order chi connectivity index (χ1) is 9.56. The van der Waals surface area contributed by atoms with Crippen LogP contribution in [0.5, 0.6) is 0 Å². The predicted molar refractivity (Wildman–Crippen MR) is 76.5 cm³/mol. The van der Waals surface area contributed by atoms with Crippen LogP contribution < -0.4 is 0 Å². The summed E-state index contributed by atoms with van der Waals surface area (Å²) in [4.78, 5) is 27.0. The van der Waals surface area contributed by atoms with Crippen LogP contribution in [0.2, 0.25) is 0 Å². The standard InChI is InChI=1S/C15H13NO3S/c1-8(17)13-12(15(18)19)16-14(20-13)11-4-2-3-10(7-11)9-5-6-9/h2-4,7,9H,5-6H2,1H3,(H,18,19). The van der Waals surface area contributed by atoms with Gasteiger partial charge in [0.25, 0.3) is 0 Å². The van der Waals surface area contributed by atoms with Gasteiger partial charge in [0.1, 0.15) is 9.88 Å². The zero-order chi connectivity index (χ0) is 14.3. The minimum atomic E-state index is -1.16. The van der Waals surface area contributed by atoms with E-state index in [1.165, 1.54) is 25.3 Å². The van der Waals surface area contributed by atoms with Crippen molar-refractivity contribution in [3.8, 4) is 10.6 Å². The molecule has 0 aliphatic heterocycles. The Hall–Kier alpha value is -2.01. The van der Waals surface area contributed by atoms with Crippen LogP contribution in [0.1, 0.15) is 51.4 Å². The highest BCUT2D eigenvalue weighted by molar-refractivity contribution is 7.17. The molecule has 1 aliphatic rings. The monoisotopic (exact) mass is 287 g/mol. The Kier molecular flexibility index (Phi) is 3.14. The number of rotatable bonds is 4. The number of carbonyl (C=O) groups excluding carboxylic acids is 1. The zero-order valence-corrected chi connectivity index (χ0v) is 11.7. The Morgan fingerprint density at radius 3 is 2.65 bits per heavy atom. The van der Waals surface area contributed by atoms with Crippen molar-refractivity contribution in [3.63, 3.8) is 0 Å². The van der Waals surface area contributed by atoms with Crippen LogP contribution >= 0.6 is 11.3 Å². The number of nitrogens with zero attached hydrogens (tertiary/aromatic N) is 1. The quantitative estimate of drug-likeness (QED) is 0.873. The molecule has 0 spiro atoms. The van der Waals surface area contributed by atoms with Crippen molar-refractivity contribution in [1.82, 2.24) is 4.98 Å². The Balaban J connectivity index is 2.05. The van der Waals surface area contributed by atoms with E-state index in [0.717, 1.165) is 16.9 Å². The fraction of sp³-hybridized carbons (Fsp3) is 0.267. The average Bonchev–Trinajstić information content (AvgIpc) is 3.16. The van der Waals surface area contributed by atoms with Gasteiger partial charge in [0.2, 0.25) is 0 Å². The van der Waals surface area contributed by atoms with Crippen LogP contribution in [0.25, 0.3) is 10.6 Å². The highest BCUT2D eigenvalue weighted by atomic mass is 32.1. The minimum absolute atomic E-state index is 0.144. The molecule has 1 aliphatic carbocycles. The summed E-state index contributed by atoms with van der Waals surface area (Å²) < 4.78 is 0. The topological polar surface area (TPSA) is 67.3 Å². The molecule has 0 amide bonds. The van der Waals surface area contributed by atoms with Crippen molar-refractivity contribution in [2.75, 3.05) is 0 Å². The van der Waals surface area contributed by atoms with Gasteiger partial charge < -0.3 is 5.11 Å². The number of thiazole rings is 1. The number of hydrogen-bond acceptors (Lipinski definition) is 4. The summed E-state index contributed by atoms with van der Waals surface area (Å²) in [6.07, 6.45) is 2.42. The Labute approximate surface area is 120 Å². The third-order valence-corrected chi connectivity index (χ3v) is 4.54. The van der Waals surface area contributed by atoms with E-state index >= 15 is 0 Å². The zero-order valence-electron chi connectivity index (χ0n) is 10.9. The normalized spacial score (nSPS) is 14.2. The number of aromatic nitrogens is 1. The van der Waals surface area contributed by atoms with E-state index in [9.17, 15) is 9.59 Å². The Morgan fingerprint density at radius 2 is 2.10 bits per heavy atom. The number of ketones is 1. The lowest BCUT2D eigenvalue weighted by Crippen LogP contribution is -2.03. The molecule has 1 aromatic carbocycles. The first-order valence-corrected chi connectivity index (χ1v) is 7.23. The van der Waals surface area contributed by atoms with Gasteiger partial charge in [0.15, 0.2) is 11.5 Å². The number of Topliss-reactive ketones (excluding diaryl/α,β-unsaturated/α-hetero) is 1. The lowest BCUT2D eigenvalue weighted by atomic mass is 10.1. The number of hydrogen-bond donors (Lipinski definition) is 1. The minimum Gasteiger partial charge on any atom is -0.476 e. The molecule has 0 unspecified atom stereocenters. The van der Waals surface area contributed by atoms with Gasteiger partial charge in [-0.2, -0.15) is 0 Å². The second-order valence-electron chi connectivity index (χ2n) is 4.96. The van der Waals surface area contributed by atoms with E-state index in [4.69, 9.17) is 5.11 Å². The van der Waals surface area contributed by atoms with Gasteiger partial charge >= 0.3 is 5.97 Å². The maximum absolute atomic E-state index is 11.5. The largest absolute Gasteiger partial charge is 0.476 e. The van der Waals surface area contributed by atoms with Crippen molar-refractivity contribution >= 4 is 23.1 Å². The third-order valence-electron chi connectivity index (χ3n) is 3.33. The van der Waals surface area contributed by atoms with Gasteiger partial charge in [0, 0.05) is 12.5 Å². The predicted octanol–water partition coefficient (Wildman–Crippen LogP) is 3.59. The summed E-state index contributed by atoms with van der Waals surface area (Å²) in [5.74, 6) is -0.790. The fourth-order valence-electron chi connectivity index (χ4n) is 2.17. The third kappa shape index (κ3) is 2.36. The highest BCUT2D eigenvalue weighted by Crippen LogP contribution is 2.41. The molecule has 1 N–H and O–H groups in total. The number of benzene rings is 1. The summed E-state index contributed by atoms with van der Waals surface area (Å²) in [7, 11) is 0. The number of aromatic carboxylic acids is 1. The maximum Gasteiger partial charge on any atom is 0.356 e. The molecule has 0 radical (unpaired) electrons. The molecule has 1 fully saturated rings. The van der Waals surface area contributed by atoms with Gasteiger partial charge in [-0.15, -0.1) is 11.3 Å². The molecule has 1 aromatic heterocycles. The van der Waals surface area contributed by atoms with Gasteiger partial charge in [-0.3, -0.25) is 4.79 Å². The molecular weight excluding hydrogens is 274 g/mol. The molecule has 4 nitrogen and oxygen atoms in total. The summed E-state index contributed by atoms with van der Waals surface area (Å²) in [6, 6.07) is 7.99. The molecule has 3 rings (SSSR count). The molecule has 1 saturated carbocycles. The molecule has 102 valence electrons. The van der Waals surface area contributed by atoms with Crippen LogP contribution in [0.15, 0.2) is 24.3 Å². The van der Waals surface area contributed by atoms with Gasteiger partial charge in [-0.25, -0.2) is 9.78 Å². The lowest BCUT2D eigenvalue weighted by Gasteiger charge is -2.00. The van der Waals surface area contributed by atoms with Crippen molar-refractivity contribution < 1.29 is 14.7 Å². The second-order valence-corrected chi connectivity index (χ2v) is 5.96. The summed E-state index contributed by atoms with van der Waals surface area (Å²) in [5.41, 5.74) is 2.00. The van der Waals surface area contributed by atoms with Crippen molar-refractivity contribution in [1.29, 1.82) is 0 Å². The fourth-order valence-corrected chi connectivity index (χ4v) is 3.12. The van der Waals surface area contributed by atoms with Crippen LogP contribution in [-0.4, -0.2) is 21.8 Å². The number of carbonyl (C=O) groups is 2. The van der Waals surface area contributed by atoms with Crippen molar-refractivity contribution in [2.24, 2.45) is 0 Å². The smallest absolute Gasteiger partial charge is 0.356 e. The van der Waals surface area contributed by atoms with Gasteiger partial charge in [-0.1, -0.05) is 18.2 Å². The number of carboxylic acids is 1. The first-order valence-electron chi connectivity index (χ1n) is 6.41. The average molecular weight is 287 g/mol. The van der Waals surface area contributed by atoms with E-state index in [0.29, 0.717) is 10.9 Å². The van der Waals surface area contributed by atoms with Crippen LogP contribution in [0.3, 0.4) is 0 Å². The van der Waals surface area contributed by atoms with Gasteiger partial charge in [0.05, 0.1) is 0 Å². The lowest BCUT2D eigenvalue weighted by molar-refractivity contribution is 0.0687. The molecule has 20 heavy (non-hydrogen) atoms. The summed E-state index contributed by atoms with van der Waals surface area (Å²) in [5, 5.41) is 9.71. The van der Waals surface area contributed by atoms with Crippen molar-refractivity contribution in [3.05, 3.63) is 40.4 Å². The Bertz CT molecular complexity index is 669. The van der Waals surface area contributed by atoms with E-state index in [2.05, 4.69) is 11.1 Å². The molecule has 0 saturated heterocycles. The van der Waals surface area contributed by atoms with Gasteiger partial charge in [-0.05, 0) is 30.4 Å². The molecule has 2 aromatic rings. The van der Waals surface area contributed by atoms with E-state index in [1.54, 1.807) is 0 Å². The van der Waals surface area contributed by atoms with Crippen LogP contribution in [0.4, 0.5) is 0 Å². The van der Waals surface area contributed by atoms with E-state index in [1.807, 2.05) is 18.2 Å². The molecule has 5 heteroatoms. The highest BCUT2D eigenvalue weighted by Gasteiger charge is 2.25. The van der Waals surface area contributed by atoms with E-state index < -0.39 is 5.97 Å². The summed E-state index contributed by atoms with van der Waals surface area (Å²) >= 11 is 1.15. The molecular formula is C15H13NO3S. The maximum atomic E-state index is 11.5. The first kappa shape index (κ1) is 13.0. The molecule has 0 bridgehead atoms. The van der Waals surface area contributed by atoms with Crippen LogP contribution in [-0.2, 0) is 0 Å². The van der Waals surface area contributed by atoms with Crippen molar-refractivity contribution in [2.45, 2.75) is 25.7 Å². The molecule has 1 heterocycles. The SMILES string of the molecule is CC(=O)c1sc(-c2cccc(C3CC3)c2)nc1C(=O)O. The number of carboxylic acid groups (broad SMARTS) is 1. The molecule has 0 atom stereocenters. The Morgan fingerprint density at radius 1 is 1.35 bits per heavy atom. The second kappa shape index (κ2) is 4.83. The van der Waals surface area contributed by atoms with E-state index in [-0.39, 0.29) is 16.4 Å².